The Kier molecular flexibility index (Phi) is 1.81. The van der Waals surface area contributed by atoms with Crippen molar-refractivity contribution >= 4 is 11.5 Å². The fourth-order valence-corrected chi connectivity index (χ4v) is 0.903. The average molecular weight is 149 g/mol. The fraction of sp³-hybridized carbons (Fsp3) is 0.125. The zero-order valence-corrected chi connectivity index (χ0v) is 6.39. The summed E-state index contributed by atoms with van der Waals surface area (Å²) in [5.41, 5.74) is 13.1. The van der Waals surface area contributed by atoms with Gasteiger partial charge < -0.3 is 11.5 Å². The molecule has 3 heteroatoms. The van der Waals surface area contributed by atoms with Crippen LogP contribution in [0.3, 0.4) is 0 Å². The minimum atomic E-state index is 0.0196. The van der Waals surface area contributed by atoms with Crippen molar-refractivity contribution in [1.82, 2.24) is 0 Å². The van der Waals surface area contributed by atoms with Crippen LogP contribution in [0.1, 0.15) is 11.1 Å². The molecule has 1 rings (SSSR count). The van der Waals surface area contributed by atoms with E-state index in [1.54, 1.807) is 12.1 Å². The third-order valence-electron chi connectivity index (χ3n) is 1.50. The van der Waals surface area contributed by atoms with Gasteiger partial charge in [0, 0.05) is 11.3 Å². The van der Waals surface area contributed by atoms with E-state index in [0.717, 1.165) is 5.56 Å². The number of nitrogens with two attached hydrogens (primary N) is 2. The summed E-state index contributed by atoms with van der Waals surface area (Å²) in [7, 11) is 0. The first-order chi connectivity index (χ1) is 5.11. The van der Waals surface area contributed by atoms with Crippen molar-refractivity contribution in [3.05, 3.63) is 29.3 Å². The van der Waals surface area contributed by atoms with E-state index < -0.39 is 0 Å². The van der Waals surface area contributed by atoms with Crippen LogP contribution in [0.25, 0.3) is 0 Å². The summed E-state index contributed by atoms with van der Waals surface area (Å²) in [5.74, 6) is 0.0196. The Labute approximate surface area is 65.5 Å². The van der Waals surface area contributed by atoms with Crippen LogP contribution in [0.4, 0.5) is 5.69 Å². The van der Waals surface area contributed by atoms with Crippen LogP contribution in [0.5, 0.6) is 0 Å². The minimum absolute atomic E-state index is 0.0196. The maximum atomic E-state index is 7.17. The molecule has 11 heavy (non-hydrogen) atoms. The zero-order valence-electron chi connectivity index (χ0n) is 6.39. The van der Waals surface area contributed by atoms with Crippen LogP contribution >= 0.6 is 0 Å². The smallest absolute Gasteiger partial charge is 0.124 e. The predicted molar refractivity (Wildman–Crippen MR) is 46.6 cm³/mol. The molecule has 0 saturated heterocycles. The first kappa shape index (κ1) is 7.60. The second-order valence-electron chi connectivity index (χ2n) is 2.50. The molecular formula is C8H11N3. The van der Waals surface area contributed by atoms with Crippen molar-refractivity contribution in [2.24, 2.45) is 5.73 Å². The Morgan fingerprint density at radius 1 is 1.45 bits per heavy atom. The molecule has 0 fully saturated rings. The maximum absolute atomic E-state index is 7.17. The van der Waals surface area contributed by atoms with Crippen molar-refractivity contribution in [1.29, 1.82) is 5.41 Å². The Bertz CT molecular complexity index is 291. The van der Waals surface area contributed by atoms with Crippen molar-refractivity contribution in [2.45, 2.75) is 6.92 Å². The first-order valence-corrected chi connectivity index (χ1v) is 3.32. The Morgan fingerprint density at radius 3 is 2.55 bits per heavy atom. The molecule has 58 valence electrons. The molecule has 0 aliphatic heterocycles. The standard InChI is InChI=1S/C8H11N3/c1-5-2-3-7(9)6(4-5)8(10)11/h2-4H,9H2,1H3,(H3,10,11). The highest BCUT2D eigenvalue weighted by Gasteiger charge is 2.00. The summed E-state index contributed by atoms with van der Waals surface area (Å²) in [6, 6.07) is 5.45. The Morgan fingerprint density at radius 2 is 2.09 bits per heavy atom. The van der Waals surface area contributed by atoms with Crippen molar-refractivity contribution in [2.75, 3.05) is 5.73 Å². The largest absolute Gasteiger partial charge is 0.398 e. The number of hydrogen-bond acceptors (Lipinski definition) is 2. The summed E-state index contributed by atoms with van der Waals surface area (Å²) in [5, 5.41) is 7.17. The average Bonchev–Trinajstić information content (AvgIpc) is 1.94. The first-order valence-electron chi connectivity index (χ1n) is 3.32. The Hall–Kier alpha value is -1.51. The van der Waals surface area contributed by atoms with Gasteiger partial charge in [0.15, 0.2) is 0 Å². The van der Waals surface area contributed by atoms with Gasteiger partial charge in [-0.05, 0) is 19.1 Å². The van der Waals surface area contributed by atoms with Gasteiger partial charge in [0.05, 0.1) is 0 Å². The van der Waals surface area contributed by atoms with Gasteiger partial charge in [0.2, 0.25) is 0 Å². The number of benzene rings is 1. The van der Waals surface area contributed by atoms with E-state index in [4.69, 9.17) is 16.9 Å². The molecule has 3 nitrogen and oxygen atoms in total. The highest BCUT2D eigenvalue weighted by molar-refractivity contribution is 5.99. The molecular weight excluding hydrogens is 138 g/mol. The van der Waals surface area contributed by atoms with Gasteiger partial charge in [-0.15, -0.1) is 0 Å². The molecule has 0 bridgehead atoms. The normalized spacial score (nSPS) is 9.55. The summed E-state index contributed by atoms with van der Waals surface area (Å²) in [4.78, 5) is 0. The van der Waals surface area contributed by atoms with Gasteiger partial charge in [-0.2, -0.15) is 0 Å². The van der Waals surface area contributed by atoms with E-state index in [-0.39, 0.29) is 5.84 Å². The van der Waals surface area contributed by atoms with Gasteiger partial charge in [-0.25, -0.2) is 0 Å². The lowest BCUT2D eigenvalue weighted by Crippen LogP contribution is -2.13. The Balaban J connectivity index is 3.23. The van der Waals surface area contributed by atoms with Crippen LogP contribution in [0.15, 0.2) is 18.2 Å². The van der Waals surface area contributed by atoms with E-state index >= 15 is 0 Å². The molecule has 0 spiro atoms. The van der Waals surface area contributed by atoms with Crippen molar-refractivity contribution < 1.29 is 0 Å². The number of nitrogens with one attached hydrogen (secondary N) is 1. The molecule has 0 heterocycles. The van der Waals surface area contributed by atoms with E-state index in [1.165, 1.54) is 0 Å². The zero-order chi connectivity index (χ0) is 8.43. The van der Waals surface area contributed by atoms with Crippen LogP contribution in [0.2, 0.25) is 0 Å². The lowest BCUT2D eigenvalue weighted by Gasteiger charge is -2.03. The molecule has 0 atom stereocenters. The molecule has 0 aromatic heterocycles. The predicted octanol–water partition coefficient (Wildman–Crippen LogP) is 0.861. The highest BCUT2D eigenvalue weighted by atomic mass is 14.7. The third-order valence-corrected chi connectivity index (χ3v) is 1.50. The molecule has 1 aromatic rings. The van der Waals surface area contributed by atoms with E-state index in [1.807, 2.05) is 13.0 Å². The molecule has 0 amide bonds. The number of rotatable bonds is 1. The van der Waals surface area contributed by atoms with Crippen LogP contribution in [0, 0.1) is 12.3 Å². The summed E-state index contributed by atoms with van der Waals surface area (Å²) >= 11 is 0. The molecule has 0 aliphatic carbocycles. The number of aryl methyl sites for hydroxylation is 1. The summed E-state index contributed by atoms with van der Waals surface area (Å²) in [6.45, 7) is 1.94. The fourth-order valence-electron chi connectivity index (χ4n) is 0.903. The molecule has 0 aliphatic rings. The monoisotopic (exact) mass is 149 g/mol. The third kappa shape index (κ3) is 1.49. The highest BCUT2D eigenvalue weighted by Crippen LogP contribution is 2.12. The second-order valence-corrected chi connectivity index (χ2v) is 2.50. The maximum Gasteiger partial charge on any atom is 0.124 e. The number of anilines is 1. The molecule has 0 saturated carbocycles. The quantitative estimate of drug-likeness (QED) is 0.314. The SMILES string of the molecule is Cc1ccc(N)c(C(=N)N)c1. The topological polar surface area (TPSA) is 75.9 Å². The van der Waals surface area contributed by atoms with Gasteiger partial charge in [-0.3, -0.25) is 5.41 Å². The molecule has 0 unspecified atom stereocenters. The molecule has 0 radical (unpaired) electrons. The van der Waals surface area contributed by atoms with E-state index in [0.29, 0.717) is 11.3 Å². The number of nitrogen functional groups attached to an aromatic ring is 2. The molecule has 5 N–H and O–H groups in total. The molecule has 1 aromatic carbocycles. The van der Waals surface area contributed by atoms with Crippen molar-refractivity contribution in [3.8, 4) is 0 Å². The van der Waals surface area contributed by atoms with Crippen LogP contribution in [-0.2, 0) is 0 Å². The second kappa shape index (κ2) is 2.62. The van der Waals surface area contributed by atoms with Gasteiger partial charge >= 0.3 is 0 Å². The van der Waals surface area contributed by atoms with Crippen molar-refractivity contribution in [3.63, 3.8) is 0 Å². The minimum Gasteiger partial charge on any atom is -0.398 e. The van der Waals surface area contributed by atoms with Gasteiger partial charge in [-0.1, -0.05) is 11.6 Å². The van der Waals surface area contributed by atoms with Crippen LogP contribution in [-0.4, -0.2) is 5.84 Å². The van der Waals surface area contributed by atoms with Gasteiger partial charge in [0.25, 0.3) is 0 Å². The lowest BCUT2D eigenvalue weighted by molar-refractivity contribution is 1.39. The number of amidine groups is 1. The van der Waals surface area contributed by atoms with Crippen LogP contribution < -0.4 is 11.5 Å². The summed E-state index contributed by atoms with van der Waals surface area (Å²) < 4.78 is 0. The number of hydrogen-bond donors (Lipinski definition) is 3. The van der Waals surface area contributed by atoms with E-state index in [9.17, 15) is 0 Å². The lowest BCUT2D eigenvalue weighted by atomic mass is 10.1. The van der Waals surface area contributed by atoms with Gasteiger partial charge in [0.1, 0.15) is 5.84 Å². The van der Waals surface area contributed by atoms with E-state index in [2.05, 4.69) is 0 Å². The summed E-state index contributed by atoms with van der Waals surface area (Å²) in [6.07, 6.45) is 0.